The molecule has 2 atom stereocenters. The molecule has 0 saturated heterocycles. The van der Waals surface area contributed by atoms with Gasteiger partial charge in [0, 0.05) is 0 Å². The summed E-state index contributed by atoms with van der Waals surface area (Å²) in [6.45, 7) is 0. The molecule has 8 heavy (non-hydrogen) atoms. The lowest BCUT2D eigenvalue weighted by Crippen LogP contribution is -2.46. The lowest BCUT2D eigenvalue weighted by Gasteiger charge is -2.32. The molecule has 0 aromatic rings. The third-order valence-corrected chi connectivity index (χ3v) is 1.50. The van der Waals surface area contributed by atoms with Crippen LogP contribution in [0, 0.1) is 0 Å². The summed E-state index contributed by atoms with van der Waals surface area (Å²) in [7, 11) is 0. The fourth-order valence-electron chi connectivity index (χ4n) is 0.662. The van der Waals surface area contributed by atoms with E-state index in [2.05, 4.69) is 0 Å². The van der Waals surface area contributed by atoms with E-state index in [0.29, 0.717) is 0 Å². The van der Waals surface area contributed by atoms with Crippen molar-refractivity contribution >= 4 is 6.29 Å². The molecule has 0 bridgehead atoms. The zero-order valence-corrected chi connectivity index (χ0v) is 4.23. The zero-order chi connectivity index (χ0) is 6.20. The Bertz CT molecular complexity index is 115. The quantitative estimate of drug-likeness (QED) is 0.472. The van der Waals surface area contributed by atoms with Crippen molar-refractivity contribution in [2.45, 2.75) is 24.7 Å². The minimum absolute atomic E-state index is 0.0532. The van der Waals surface area contributed by atoms with E-state index in [1.54, 1.807) is 0 Å². The number of hydrogen-bond donors (Lipinski definition) is 0. The van der Waals surface area contributed by atoms with Crippen LogP contribution in [0.2, 0.25) is 0 Å². The van der Waals surface area contributed by atoms with Crippen molar-refractivity contribution in [3.63, 3.8) is 0 Å². The smallest absolute Gasteiger partial charge is 0.196 e. The molecule has 1 nitrogen and oxygen atoms in total. The van der Waals surface area contributed by atoms with Gasteiger partial charge < -0.3 is 0 Å². The van der Waals surface area contributed by atoms with Gasteiger partial charge in [-0.15, -0.1) is 0 Å². The highest BCUT2D eigenvalue weighted by molar-refractivity contribution is 5.65. The van der Waals surface area contributed by atoms with Gasteiger partial charge in [0.05, 0.1) is 0 Å². The highest BCUT2D eigenvalue weighted by Crippen LogP contribution is 2.36. The molecule has 0 heterocycles. The number of hydrogen-bond acceptors (Lipinski definition) is 1. The molecule has 1 rings (SSSR count). The first-order chi connectivity index (χ1) is 3.69. The van der Waals surface area contributed by atoms with Crippen molar-refractivity contribution in [3.05, 3.63) is 0 Å². The van der Waals surface area contributed by atoms with E-state index in [0.717, 1.165) is 0 Å². The van der Waals surface area contributed by atoms with E-state index in [1.807, 2.05) is 0 Å². The second-order valence-electron chi connectivity index (χ2n) is 2.05. The number of aldehydes is 1. The van der Waals surface area contributed by atoms with Crippen LogP contribution >= 0.6 is 0 Å². The molecule has 0 amide bonds. The molecule has 3 heteroatoms. The van der Waals surface area contributed by atoms with Crippen molar-refractivity contribution in [1.82, 2.24) is 0 Å². The maximum atomic E-state index is 12.3. The van der Waals surface area contributed by atoms with Crippen LogP contribution in [0.3, 0.4) is 0 Å². The monoisotopic (exact) mass is 120 g/mol. The Labute approximate surface area is 45.7 Å². The number of halogens is 2. The Kier molecular flexibility index (Phi) is 1.06. The van der Waals surface area contributed by atoms with Crippen LogP contribution in [0.15, 0.2) is 0 Å². The maximum Gasteiger partial charge on any atom is 0.196 e. The van der Waals surface area contributed by atoms with E-state index in [-0.39, 0.29) is 19.1 Å². The largest absolute Gasteiger partial charge is 0.300 e. The summed E-state index contributed by atoms with van der Waals surface area (Å²) in [5.41, 5.74) is -2.12. The first kappa shape index (κ1) is 5.66. The third-order valence-electron chi connectivity index (χ3n) is 1.50. The van der Waals surface area contributed by atoms with Gasteiger partial charge in [-0.05, 0) is 12.8 Å². The number of rotatable bonds is 1. The van der Waals surface area contributed by atoms with Crippen LogP contribution in [-0.4, -0.2) is 18.1 Å². The lowest BCUT2D eigenvalue weighted by atomic mass is 9.81. The minimum Gasteiger partial charge on any atom is -0.300 e. The summed E-state index contributed by atoms with van der Waals surface area (Å²) in [5, 5.41) is 0. The van der Waals surface area contributed by atoms with Gasteiger partial charge in [0.1, 0.15) is 6.17 Å². The molecular formula is C5H6F2O. The Morgan fingerprint density at radius 2 is 2.38 bits per heavy atom. The molecule has 0 spiro atoms. The SMILES string of the molecule is O=CC1(F)CCC1F. The predicted molar refractivity (Wildman–Crippen MR) is 24.0 cm³/mol. The zero-order valence-electron chi connectivity index (χ0n) is 4.23. The molecule has 1 fully saturated rings. The van der Waals surface area contributed by atoms with Crippen molar-refractivity contribution < 1.29 is 13.6 Å². The third kappa shape index (κ3) is 0.538. The average molecular weight is 120 g/mol. The van der Waals surface area contributed by atoms with E-state index >= 15 is 0 Å². The summed E-state index contributed by atoms with van der Waals surface area (Å²) in [6, 6.07) is 0. The van der Waals surface area contributed by atoms with Gasteiger partial charge in [-0.2, -0.15) is 0 Å². The predicted octanol–water partition coefficient (Wildman–Crippen LogP) is 1.03. The summed E-state index contributed by atoms with van der Waals surface area (Å²) in [4.78, 5) is 9.70. The van der Waals surface area contributed by atoms with Gasteiger partial charge in [0.2, 0.25) is 0 Å². The lowest BCUT2D eigenvalue weighted by molar-refractivity contribution is -0.130. The Balaban J connectivity index is 2.54. The molecule has 0 aliphatic heterocycles. The van der Waals surface area contributed by atoms with Crippen molar-refractivity contribution in [2.75, 3.05) is 0 Å². The Morgan fingerprint density at radius 3 is 2.38 bits per heavy atom. The van der Waals surface area contributed by atoms with E-state index in [4.69, 9.17) is 0 Å². The summed E-state index contributed by atoms with van der Waals surface area (Å²) < 4.78 is 24.2. The Hall–Kier alpha value is -0.470. The molecule has 2 unspecified atom stereocenters. The van der Waals surface area contributed by atoms with E-state index < -0.39 is 11.8 Å². The van der Waals surface area contributed by atoms with E-state index in [1.165, 1.54) is 0 Å². The number of alkyl halides is 2. The second kappa shape index (κ2) is 1.50. The van der Waals surface area contributed by atoms with Gasteiger partial charge in [0.25, 0.3) is 0 Å². The molecule has 0 aromatic carbocycles. The topological polar surface area (TPSA) is 17.1 Å². The van der Waals surface area contributed by atoms with Gasteiger partial charge in [-0.3, -0.25) is 4.79 Å². The Morgan fingerprint density at radius 1 is 1.75 bits per heavy atom. The molecule has 0 N–H and O–H groups in total. The fourth-order valence-corrected chi connectivity index (χ4v) is 0.662. The van der Waals surface area contributed by atoms with Gasteiger partial charge in [0.15, 0.2) is 12.0 Å². The first-order valence-electron chi connectivity index (χ1n) is 2.48. The number of carbonyl (C=O) groups is 1. The van der Waals surface area contributed by atoms with Crippen LogP contribution < -0.4 is 0 Å². The molecular weight excluding hydrogens is 114 g/mol. The molecule has 1 saturated carbocycles. The van der Waals surface area contributed by atoms with Crippen LogP contribution in [-0.2, 0) is 4.79 Å². The second-order valence-corrected chi connectivity index (χ2v) is 2.05. The minimum atomic E-state index is -2.12. The average Bonchev–Trinajstić information content (AvgIpc) is 1.83. The first-order valence-corrected chi connectivity index (χ1v) is 2.48. The maximum absolute atomic E-state index is 12.3. The molecule has 1 aliphatic rings. The van der Waals surface area contributed by atoms with Crippen LogP contribution in [0.5, 0.6) is 0 Å². The van der Waals surface area contributed by atoms with Crippen molar-refractivity contribution in [3.8, 4) is 0 Å². The van der Waals surface area contributed by atoms with Crippen LogP contribution in [0.1, 0.15) is 12.8 Å². The summed E-state index contributed by atoms with van der Waals surface area (Å²) in [6.07, 6.45) is -1.24. The van der Waals surface area contributed by atoms with Gasteiger partial charge >= 0.3 is 0 Å². The summed E-state index contributed by atoms with van der Waals surface area (Å²) >= 11 is 0. The highest BCUT2D eigenvalue weighted by Gasteiger charge is 2.48. The van der Waals surface area contributed by atoms with Crippen LogP contribution in [0.25, 0.3) is 0 Å². The van der Waals surface area contributed by atoms with Crippen molar-refractivity contribution in [1.29, 1.82) is 0 Å². The van der Waals surface area contributed by atoms with Gasteiger partial charge in [-0.25, -0.2) is 8.78 Å². The summed E-state index contributed by atoms with van der Waals surface area (Å²) in [5.74, 6) is 0. The molecule has 0 radical (unpaired) electrons. The number of carbonyl (C=O) groups excluding carboxylic acids is 1. The molecule has 46 valence electrons. The fraction of sp³-hybridized carbons (Fsp3) is 0.800. The standard InChI is InChI=1S/C5H6F2O/c6-4-1-2-5(4,7)3-8/h3-4H,1-2H2. The molecule has 1 aliphatic carbocycles. The highest BCUT2D eigenvalue weighted by atomic mass is 19.2. The molecule has 0 aromatic heterocycles. The van der Waals surface area contributed by atoms with Gasteiger partial charge in [-0.1, -0.05) is 0 Å². The van der Waals surface area contributed by atoms with E-state index in [9.17, 15) is 13.6 Å². The normalized spacial score (nSPS) is 45.5. The van der Waals surface area contributed by atoms with Crippen molar-refractivity contribution in [2.24, 2.45) is 0 Å². The van der Waals surface area contributed by atoms with Crippen LogP contribution in [0.4, 0.5) is 8.78 Å².